The van der Waals surface area contributed by atoms with Gasteiger partial charge < -0.3 is 13.7 Å². The van der Waals surface area contributed by atoms with Crippen molar-refractivity contribution in [1.82, 2.24) is 28.7 Å². The standard InChI is InChI=1S/C54H45Br3N6/c1-61-25-22-58-52(61)34-16-19-46(49(55)31-34)43-13-7-4-10-40(43)37-28-38(41-11-5-8-14-44(41)47-20-17-35(32-50(47)56)53-59-23-26-62(53)2)30-39(29-37)42-12-6-9-15-45(42)48-21-18-36(33-51(48)57)54-60-24-27-63(54)3/h4-27,31-33,37-39H,28-30H2,1-3H3. The zero-order valence-corrected chi connectivity index (χ0v) is 40.0. The van der Waals surface area contributed by atoms with Crippen molar-refractivity contribution in [3.63, 3.8) is 0 Å². The highest BCUT2D eigenvalue weighted by Crippen LogP contribution is 2.53. The summed E-state index contributed by atoms with van der Waals surface area (Å²) in [5, 5.41) is 0. The molecule has 9 heteroatoms. The molecule has 0 N–H and O–H groups in total. The Kier molecular flexibility index (Phi) is 11.5. The average Bonchev–Trinajstić information content (AvgIpc) is 4.07. The lowest BCUT2D eigenvalue weighted by molar-refractivity contribution is 0.353. The number of hydrogen-bond acceptors (Lipinski definition) is 3. The van der Waals surface area contributed by atoms with E-state index in [9.17, 15) is 0 Å². The van der Waals surface area contributed by atoms with E-state index in [0.29, 0.717) is 0 Å². The second-order valence-electron chi connectivity index (χ2n) is 16.7. The molecule has 312 valence electrons. The number of rotatable bonds is 9. The van der Waals surface area contributed by atoms with Crippen LogP contribution in [-0.2, 0) is 21.1 Å². The fourth-order valence-electron chi connectivity index (χ4n) is 9.92. The summed E-state index contributed by atoms with van der Waals surface area (Å²) in [6.45, 7) is 0. The third-order valence-corrected chi connectivity index (χ3v) is 14.9. The molecule has 0 radical (unpaired) electrons. The van der Waals surface area contributed by atoms with Gasteiger partial charge in [-0.05, 0) is 105 Å². The van der Waals surface area contributed by atoms with Crippen molar-refractivity contribution < 1.29 is 0 Å². The fraction of sp³-hybridized carbons (Fsp3) is 0.167. The first-order valence-electron chi connectivity index (χ1n) is 21.3. The summed E-state index contributed by atoms with van der Waals surface area (Å²) < 4.78 is 9.38. The van der Waals surface area contributed by atoms with Crippen LogP contribution in [0.4, 0.5) is 0 Å². The van der Waals surface area contributed by atoms with Gasteiger partial charge >= 0.3 is 0 Å². The van der Waals surface area contributed by atoms with Crippen molar-refractivity contribution >= 4 is 47.8 Å². The molecule has 1 aliphatic rings. The third kappa shape index (κ3) is 8.00. The third-order valence-electron chi connectivity index (χ3n) is 12.9. The van der Waals surface area contributed by atoms with E-state index in [0.717, 1.165) is 66.8 Å². The van der Waals surface area contributed by atoms with Crippen LogP contribution in [-0.4, -0.2) is 28.7 Å². The number of benzene rings is 6. The molecule has 0 spiro atoms. The Morgan fingerprint density at radius 1 is 0.381 bits per heavy atom. The lowest BCUT2D eigenvalue weighted by atomic mass is 9.66. The molecule has 0 aliphatic heterocycles. The second-order valence-corrected chi connectivity index (χ2v) is 19.3. The normalized spacial score (nSPS) is 16.4. The average molecular weight is 1020 g/mol. The van der Waals surface area contributed by atoms with E-state index in [-0.39, 0.29) is 17.8 Å². The SMILES string of the molecule is Cn1ccnc1-c1ccc(-c2ccccc2C2CC(c3ccccc3-c3ccc(-c4nccn4C)cc3Br)CC(c3ccccc3-c3ccc(-c4nccn4C)cc3Br)C2)c(Br)c1. The number of aromatic nitrogens is 6. The molecular formula is C54H45Br3N6. The van der Waals surface area contributed by atoms with Crippen LogP contribution < -0.4 is 0 Å². The monoisotopic (exact) mass is 1010 g/mol. The Hall–Kier alpha value is -5.61. The number of nitrogens with zero attached hydrogens (tertiary/aromatic N) is 6. The Balaban J connectivity index is 1.08. The van der Waals surface area contributed by atoms with Crippen LogP contribution in [0.1, 0.15) is 53.7 Å². The largest absolute Gasteiger partial charge is 0.334 e. The van der Waals surface area contributed by atoms with Crippen LogP contribution in [0.3, 0.4) is 0 Å². The molecule has 9 aromatic rings. The van der Waals surface area contributed by atoms with Crippen molar-refractivity contribution in [2.24, 2.45) is 21.1 Å². The summed E-state index contributed by atoms with van der Waals surface area (Å²) in [6, 6.07) is 47.2. The highest BCUT2D eigenvalue weighted by Gasteiger charge is 2.35. The summed E-state index contributed by atoms with van der Waals surface area (Å²) in [5.74, 6) is 3.70. The molecule has 63 heavy (non-hydrogen) atoms. The summed E-state index contributed by atoms with van der Waals surface area (Å²) >= 11 is 12.1. The Labute approximate surface area is 394 Å². The molecule has 0 amide bonds. The predicted octanol–water partition coefficient (Wildman–Crippen LogP) is 15.0. The van der Waals surface area contributed by atoms with Crippen LogP contribution in [0.25, 0.3) is 67.5 Å². The lowest BCUT2D eigenvalue weighted by Gasteiger charge is -2.38. The molecule has 0 bridgehead atoms. The second kappa shape index (κ2) is 17.5. The molecule has 6 aromatic carbocycles. The first-order chi connectivity index (χ1) is 30.7. The summed E-state index contributed by atoms with van der Waals surface area (Å²) in [7, 11) is 6.12. The predicted molar refractivity (Wildman–Crippen MR) is 267 cm³/mol. The smallest absolute Gasteiger partial charge is 0.139 e. The van der Waals surface area contributed by atoms with Crippen LogP contribution in [0.2, 0.25) is 0 Å². The molecule has 0 saturated heterocycles. The van der Waals surface area contributed by atoms with Gasteiger partial charge in [0.1, 0.15) is 17.5 Å². The lowest BCUT2D eigenvalue weighted by Crippen LogP contribution is -2.21. The molecule has 6 nitrogen and oxygen atoms in total. The topological polar surface area (TPSA) is 53.5 Å². The highest BCUT2D eigenvalue weighted by atomic mass is 79.9. The Bertz CT molecular complexity index is 2780. The minimum absolute atomic E-state index is 0.288. The van der Waals surface area contributed by atoms with Gasteiger partial charge in [-0.15, -0.1) is 0 Å². The molecule has 10 rings (SSSR count). The van der Waals surface area contributed by atoms with E-state index in [4.69, 9.17) is 0 Å². The van der Waals surface area contributed by atoms with Crippen molar-refractivity contribution in [1.29, 1.82) is 0 Å². The van der Waals surface area contributed by atoms with Gasteiger partial charge in [-0.3, -0.25) is 0 Å². The number of imidazole rings is 3. The number of halogens is 3. The number of hydrogen-bond donors (Lipinski definition) is 0. The van der Waals surface area contributed by atoms with Crippen LogP contribution >= 0.6 is 47.8 Å². The molecule has 1 saturated carbocycles. The van der Waals surface area contributed by atoms with Gasteiger partial charge in [-0.25, -0.2) is 15.0 Å². The Morgan fingerprint density at radius 2 is 0.667 bits per heavy atom. The molecule has 3 aromatic heterocycles. The quantitative estimate of drug-likeness (QED) is 0.145. The molecule has 0 unspecified atom stereocenters. The molecular weight excluding hydrogens is 972 g/mol. The first kappa shape index (κ1) is 41.4. The van der Waals surface area contributed by atoms with E-state index in [1.54, 1.807) is 0 Å². The van der Waals surface area contributed by atoms with Crippen LogP contribution in [0, 0.1) is 0 Å². The van der Waals surface area contributed by atoms with Gasteiger partial charge in [0.2, 0.25) is 0 Å². The van der Waals surface area contributed by atoms with Crippen molar-refractivity contribution in [2.75, 3.05) is 0 Å². The molecule has 0 atom stereocenters. The van der Waals surface area contributed by atoms with Gasteiger partial charge in [0.05, 0.1) is 0 Å². The van der Waals surface area contributed by atoms with Crippen molar-refractivity contribution in [3.05, 3.63) is 195 Å². The van der Waals surface area contributed by atoms with Gasteiger partial charge in [0.15, 0.2) is 0 Å². The van der Waals surface area contributed by atoms with Gasteiger partial charge in [0, 0.05) is 88.4 Å². The maximum absolute atomic E-state index is 4.63. The van der Waals surface area contributed by atoms with Crippen LogP contribution in [0.5, 0.6) is 0 Å². The molecule has 1 aliphatic carbocycles. The summed E-state index contributed by atoms with van der Waals surface area (Å²) in [5.41, 5.74) is 14.8. The van der Waals surface area contributed by atoms with Gasteiger partial charge in [-0.1, -0.05) is 157 Å². The van der Waals surface area contributed by atoms with E-state index >= 15 is 0 Å². The first-order valence-corrected chi connectivity index (χ1v) is 23.7. The zero-order chi connectivity index (χ0) is 43.2. The Morgan fingerprint density at radius 3 is 0.921 bits per heavy atom. The minimum atomic E-state index is 0.288. The van der Waals surface area contributed by atoms with Gasteiger partial charge in [-0.2, -0.15) is 0 Å². The molecule has 3 heterocycles. The maximum atomic E-state index is 4.63. The summed E-state index contributed by atoms with van der Waals surface area (Å²) in [6.07, 6.45) is 14.6. The van der Waals surface area contributed by atoms with Gasteiger partial charge in [0.25, 0.3) is 0 Å². The maximum Gasteiger partial charge on any atom is 0.139 e. The highest BCUT2D eigenvalue weighted by molar-refractivity contribution is 9.11. The van der Waals surface area contributed by atoms with E-state index < -0.39 is 0 Å². The minimum Gasteiger partial charge on any atom is -0.334 e. The van der Waals surface area contributed by atoms with Crippen molar-refractivity contribution in [2.45, 2.75) is 37.0 Å². The van der Waals surface area contributed by atoms with Crippen LogP contribution in [0.15, 0.2) is 178 Å². The molecule has 1 fully saturated rings. The number of aryl methyl sites for hydroxylation is 3. The fourth-order valence-corrected chi connectivity index (χ4v) is 11.7. The van der Waals surface area contributed by atoms with E-state index in [1.165, 1.54) is 50.1 Å². The summed E-state index contributed by atoms with van der Waals surface area (Å²) in [4.78, 5) is 13.9. The zero-order valence-electron chi connectivity index (χ0n) is 35.3. The van der Waals surface area contributed by atoms with E-state index in [2.05, 4.69) is 204 Å². The van der Waals surface area contributed by atoms with Crippen molar-refractivity contribution in [3.8, 4) is 67.5 Å². The van der Waals surface area contributed by atoms with E-state index in [1.807, 2.05) is 58.3 Å².